The number of aliphatic hydroxyl groups is 1. The Morgan fingerprint density at radius 2 is 2.11 bits per heavy atom. The van der Waals surface area contributed by atoms with Crippen molar-refractivity contribution in [3.05, 3.63) is 35.5 Å². The van der Waals surface area contributed by atoms with Crippen molar-refractivity contribution >= 4 is 28.4 Å². The lowest BCUT2D eigenvalue weighted by Crippen LogP contribution is -2.31. The molecular formula is C20H24N2O6. The molecule has 1 atom stereocenters. The summed E-state index contributed by atoms with van der Waals surface area (Å²) in [5, 5.41) is 11.9. The number of cyclic esters (lactones) is 1. The van der Waals surface area contributed by atoms with Gasteiger partial charge in [0.2, 0.25) is 5.79 Å². The average Bonchev–Trinajstić information content (AvgIpc) is 3.19. The van der Waals surface area contributed by atoms with Crippen LogP contribution in [0.4, 0.5) is 0 Å². The van der Waals surface area contributed by atoms with E-state index in [2.05, 4.69) is 15.3 Å². The molecule has 2 aromatic rings. The van der Waals surface area contributed by atoms with Crippen LogP contribution >= 0.6 is 0 Å². The second kappa shape index (κ2) is 8.04. The van der Waals surface area contributed by atoms with Crippen LogP contribution in [-0.4, -0.2) is 42.0 Å². The number of esters is 1. The van der Waals surface area contributed by atoms with Crippen molar-refractivity contribution in [3.8, 4) is 5.75 Å². The Morgan fingerprint density at radius 1 is 1.32 bits per heavy atom. The number of unbranched alkanes of at least 4 members (excludes halogenated alkanes) is 2. The Kier molecular flexibility index (Phi) is 5.71. The number of hydrogen-bond acceptors (Lipinski definition) is 6. The summed E-state index contributed by atoms with van der Waals surface area (Å²) in [6.07, 6.45) is 2.60. The van der Waals surface area contributed by atoms with E-state index < -0.39 is 17.7 Å². The van der Waals surface area contributed by atoms with Gasteiger partial charge in [0.25, 0.3) is 5.91 Å². The van der Waals surface area contributed by atoms with Crippen molar-refractivity contribution in [2.24, 2.45) is 0 Å². The lowest BCUT2D eigenvalue weighted by Gasteiger charge is -2.24. The molecule has 3 rings (SSSR count). The summed E-state index contributed by atoms with van der Waals surface area (Å²) in [6, 6.07) is 7.19. The molecule has 0 saturated heterocycles. The number of nitrogens with one attached hydrogen (secondary N) is 2. The second-order valence-electron chi connectivity index (χ2n) is 6.62. The third kappa shape index (κ3) is 3.48. The Labute approximate surface area is 162 Å². The largest absolute Gasteiger partial charge is 0.496 e. The van der Waals surface area contributed by atoms with Gasteiger partial charge in [0.15, 0.2) is 0 Å². The number of carbonyl (C=O) groups excluding carboxylic acids is 2. The fourth-order valence-corrected chi connectivity index (χ4v) is 3.48. The van der Waals surface area contributed by atoms with Crippen LogP contribution in [0, 0.1) is 0 Å². The van der Waals surface area contributed by atoms with Crippen LogP contribution < -0.4 is 10.2 Å². The zero-order chi connectivity index (χ0) is 20.3. The van der Waals surface area contributed by atoms with Gasteiger partial charge < -0.3 is 19.6 Å². The molecule has 0 fully saturated rings. The number of benzene rings is 1. The molecule has 0 aliphatic carbocycles. The number of rotatable bonds is 8. The van der Waals surface area contributed by atoms with Crippen LogP contribution in [0.3, 0.4) is 0 Å². The molecule has 1 unspecified atom stereocenters. The topological polar surface area (TPSA) is 110 Å². The van der Waals surface area contributed by atoms with Gasteiger partial charge in [-0.25, -0.2) is 10.3 Å². The van der Waals surface area contributed by atoms with Crippen LogP contribution in [0.15, 0.2) is 29.8 Å². The molecule has 1 aliphatic rings. The van der Waals surface area contributed by atoms with Gasteiger partial charge in [0, 0.05) is 17.3 Å². The summed E-state index contributed by atoms with van der Waals surface area (Å²) in [7, 11) is 2.82. The van der Waals surface area contributed by atoms with Crippen LogP contribution in [0.2, 0.25) is 0 Å². The molecule has 28 heavy (non-hydrogen) atoms. The molecule has 3 N–H and O–H groups in total. The highest BCUT2D eigenvalue weighted by atomic mass is 16.7. The Balaban J connectivity index is 2.16. The molecule has 150 valence electrons. The fourth-order valence-electron chi connectivity index (χ4n) is 3.48. The zero-order valence-corrected chi connectivity index (χ0v) is 16.1. The third-order valence-corrected chi connectivity index (χ3v) is 4.76. The first-order valence-electron chi connectivity index (χ1n) is 9.15. The highest BCUT2D eigenvalue weighted by Crippen LogP contribution is 2.42. The van der Waals surface area contributed by atoms with E-state index in [0.29, 0.717) is 17.9 Å². The lowest BCUT2D eigenvalue weighted by atomic mass is 9.94. The van der Waals surface area contributed by atoms with Gasteiger partial charge in [-0.3, -0.25) is 9.63 Å². The molecular weight excluding hydrogens is 364 g/mol. The lowest BCUT2D eigenvalue weighted by molar-refractivity contribution is -0.178. The van der Waals surface area contributed by atoms with Gasteiger partial charge in [-0.05, 0) is 24.6 Å². The molecule has 1 aromatic heterocycles. The number of methoxy groups -OCH3 is 1. The molecule has 1 aliphatic heterocycles. The molecule has 8 heteroatoms. The summed E-state index contributed by atoms with van der Waals surface area (Å²) in [5.41, 5.74) is 3.09. The highest BCUT2D eigenvalue weighted by Gasteiger charge is 2.49. The Hall–Kier alpha value is -2.84. The van der Waals surface area contributed by atoms with E-state index in [-0.39, 0.29) is 17.6 Å². The minimum Gasteiger partial charge on any atom is -0.496 e. The van der Waals surface area contributed by atoms with Crippen LogP contribution in [0.25, 0.3) is 16.5 Å². The maximum Gasteiger partial charge on any atom is 0.347 e. The number of aromatic nitrogens is 1. The number of ether oxygens (including phenoxy) is 2. The Bertz CT molecular complexity index is 932. The van der Waals surface area contributed by atoms with Crippen molar-refractivity contribution in [2.45, 2.75) is 38.4 Å². The van der Waals surface area contributed by atoms with Gasteiger partial charge in [-0.2, -0.15) is 0 Å². The minimum atomic E-state index is -1.90. The first-order valence-corrected chi connectivity index (χ1v) is 9.15. The monoisotopic (exact) mass is 388 g/mol. The first-order chi connectivity index (χ1) is 13.4. The summed E-state index contributed by atoms with van der Waals surface area (Å²) < 4.78 is 10.6. The molecule has 0 bridgehead atoms. The van der Waals surface area contributed by atoms with E-state index in [4.69, 9.17) is 9.47 Å². The maximum atomic E-state index is 12.5. The predicted molar refractivity (Wildman–Crippen MR) is 102 cm³/mol. The second-order valence-corrected chi connectivity index (χ2v) is 6.62. The number of hydrogen-bond donors (Lipinski definition) is 3. The van der Waals surface area contributed by atoms with Gasteiger partial charge in [0.1, 0.15) is 11.3 Å². The van der Waals surface area contributed by atoms with Crippen LogP contribution in [-0.2, 0) is 19.2 Å². The summed E-state index contributed by atoms with van der Waals surface area (Å²) in [5.74, 6) is -2.95. The quantitative estimate of drug-likeness (QED) is 0.277. The number of aromatic amines is 1. The number of carbonyl (C=O) groups is 2. The van der Waals surface area contributed by atoms with E-state index in [1.54, 1.807) is 19.2 Å². The summed E-state index contributed by atoms with van der Waals surface area (Å²) >= 11 is 0. The van der Waals surface area contributed by atoms with Crippen molar-refractivity contribution in [2.75, 3.05) is 14.2 Å². The normalized spacial score (nSPS) is 19.2. The van der Waals surface area contributed by atoms with Gasteiger partial charge in [-0.15, -0.1) is 0 Å². The van der Waals surface area contributed by atoms with E-state index in [9.17, 15) is 14.7 Å². The SMILES string of the molecule is CCCCCC1(O)OC(=O)C(C(=O)NOC)=C1c1cc2c(OC)cccc2[nH]1. The van der Waals surface area contributed by atoms with E-state index in [0.717, 1.165) is 23.7 Å². The molecule has 0 spiro atoms. The third-order valence-electron chi connectivity index (χ3n) is 4.76. The van der Waals surface area contributed by atoms with Crippen molar-refractivity contribution in [1.82, 2.24) is 10.5 Å². The van der Waals surface area contributed by atoms with Crippen molar-refractivity contribution < 1.29 is 29.0 Å². The highest BCUT2D eigenvalue weighted by molar-refractivity contribution is 6.24. The molecule has 1 aromatic carbocycles. The number of amides is 1. The van der Waals surface area contributed by atoms with E-state index >= 15 is 0 Å². The zero-order valence-electron chi connectivity index (χ0n) is 16.1. The molecule has 0 saturated carbocycles. The number of H-pyrrole nitrogens is 1. The number of hydroxylamine groups is 1. The van der Waals surface area contributed by atoms with Crippen LogP contribution in [0.5, 0.6) is 5.75 Å². The molecule has 2 heterocycles. The summed E-state index contributed by atoms with van der Waals surface area (Å²) in [4.78, 5) is 32.7. The average molecular weight is 388 g/mol. The van der Waals surface area contributed by atoms with Crippen molar-refractivity contribution in [1.29, 1.82) is 0 Å². The molecule has 1 amide bonds. The maximum absolute atomic E-state index is 12.5. The summed E-state index contributed by atoms with van der Waals surface area (Å²) in [6.45, 7) is 2.03. The standard InChI is InChI=1S/C20H24N2O6/c1-4-5-6-10-20(25)17(16(19(24)28-20)18(23)22-27-3)14-11-12-13(21-14)8-7-9-15(12)26-2/h7-9,11,21,25H,4-6,10H2,1-3H3,(H,22,23). The Morgan fingerprint density at radius 3 is 2.79 bits per heavy atom. The molecule has 0 radical (unpaired) electrons. The molecule has 8 nitrogen and oxygen atoms in total. The van der Waals surface area contributed by atoms with Gasteiger partial charge >= 0.3 is 5.97 Å². The van der Waals surface area contributed by atoms with E-state index in [1.807, 2.05) is 19.1 Å². The fraction of sp³-hybridized carbons (Fsp3) is 0.400. The van der Waals surface area contributed by atoms with Crippen LogP contribution in [0.1, 0.15) is 38.3 Å². The predicted octanol–water partition coefficient (Wildman–Crippen LogP) is 2.43. The van der Waals surface area contributed by atoms with Gasteiger partial charge in [-0.1, -0.05) is 25.8 Å². The van der Waals surface area contributed by atoms with Gasteiger partial charge in [0.05, 0.1) is 25.5 Å². The van der Waals surface area contributed by atoms with E-state index in [1.165, 1.54) is 7.11 Å². The minimum absolute atomic E-state index is 0.0985. The smallest absolute Gasteiger partial charge is 0.347 e. The first kappa shape index (κ1) is 19.9. The number of fused-ring (bicyclic) bond motifs is 1. The van der Waals surface area contributed by atoms with Crippen molar-refractivity contribution in [3.63, 3.8) is 0 Å².